The third-order valence-corrected chi connectivity index (χ3v) is 8.17. The van der Waals surface area contributed by atoms with E-state index in [2.05, 4.69) is 67.5 Å². The molecule has 2 heterocycles. The number of anilines is 2. The minimum absolute atomic E-state index is 0.0493. The van der Waals surface area contributed by atoms with Crippen molar-refractivity contribution in [1.29, 1.82) is 0 Å². The van der Waals surface area contributed by atoms with Crippen LogP contribution >= 0.6 is 12.2 Å². The zero-order valence-electron chi connectivity index (χ0n) is 23.4. The van der Waals surface area contributed by atoms with Crippen LogP contribution in [0.3, 0.4) is 0 Å². The van der Waals surface area contributed by atoms with E-state index in [0.717, 1.165) is 55.4 Å². The number of amides is 3. The maximum Gasteiger partial charge on any atom is 0.319 e. The van der Waals surface area contributed by atoms with Gasteiger partial charge in [-0.3, -0.25) is 9.69 Å². The summed E-state index contributed by atoms with van der Waals surface area (Å²) >= 11 is 5.95. The Bertz CT molecular complexity index is 1350. The molecule has 1 fully saturated rings. The Labute approximate surface area is 247 Å². The highest BCUT2D eigenvalue weighted by molar-refractivity contribution is 7.80. The fourth-order valence-corrected chi connectivity index (χ4v) is 5.98. The minimum Gasteiger partial charge on any atom is -0.361 e. The normalized spacial score (nSPS) is 18.3. The molecule has 0 aromatic heterocycles. The van der Waals surface area contributed by atoms with E-state index < -0.39 is 0 Å². The van der Waals surface area contributed by atoms with Gasteiger partial charge in [-0.25, -0.2) is 4.79 Å². The van der Waals surface area contributed by atoms with E-state index in [4.69, 9.17) is 12.2 Å². The number of nitrogens with zero attached hydrogens (tertiary/aromatic N) is 2. The van der Waals surface area contributed by atoms with E-state index in [9.17, 15) is 9.59 Å². The molecule has 3 amide bonds. The van der Waals surface area contributed by atoms with Crippen LogP contribution < -0.4 is 21.3 Å². The standard InChI is InChI=1S/C32H38N6O2S/c1-23(39)35-28-15-13-24(14-16-28)21-37-17-7-12-29(37)19-34-32(41)38-22-26-9-6-5-8-25(26)18-30(38)20-33-31(40)36-27-10-3-2-4-11-27/h2-6,8-11,13-16,29-30H,7,12,17-22H2,1H3,(H,34,41)(H,35,39)(H2,33,36,40)/t29-,30+/m1/s1. The van der Waals surface area contributed by atoms with Gasteiger partial charge in [0.25, 0.3) is 0 Å². The molecule has 0 spiro atoms. The number of carbonyl (C=O) groups is 2. The van der Waals surface area contributed by atoms with E-state index >= 15 is 0 Å². The molecule has 3 aromatic rings. The zero-order valence-corrected chi connectivity index (χ0v) is 24.3. The Morgan fingerprint density at radius 2 is 1.51 bits per heavy atom. The predicted molar refractivity (Wildman–Crippen MR) is 168 cm³/mol. The number of nitrogens with one attached hydrogen (secondary N) is 4. The maximum atomic E-state index is 12.6. The largest absolute Gasteiger partial charge is 0.361 e. The van der Waals surface area contributed by atoms with Crippen LogP contribution in [0.5, 0.6) is 0 Å². The van der Waals surface area contributed by atoms with Crippen LogP contribution in [0, 0.1) is 0 Å². The van der Waals surface area contributed by atoms with Gasteiger partial charge in [-0.05, 0) is 79.0 Å². The molecule has 0 bridgehead atoms. The van der Waals surface area contributed by atoms with Crippen molar-refractivity contribution in [2.24, 2.45) is 0 Å². The van der Waals surface area contributed by atoms with Gasteiger partial charge in [-0.2, -0.15) is 0 Å². The SMILES string of the molecule is CC(=O)Nc1ccc(CN2CCC[C@@H]2CNC(=S)N2Cc3ccccc3C[C@H]2CNC(=O)Nc2ccccc2)cc1. The van der Waals surface area contributed by atoms with Crippen molar-refractivity contribution in [2.75, 3.05) is 30.3 Å². The molecule has 0 saturated carbocycles. The molecule has 41 heavy (non-hydrogen) atoms. The lowest BCUT2D eigenvalue weighted by atomic mass is 9.94. The average Bonchev–Trinajstić information content (AvgIpc) is 3.42. The first-order chi connectivity index (χ1) is 19.9. The van der Waals surface area contributed by atoms with E-state index in [-0.39, 0.29) is 18.0 Å². The summed E-state index contributed by atoms with van der Waals surface area (Å²) in [5.41, 5.74) is 5.37. The molecular formula is C32H38N6O2S. The topological polar surface area (TPSA) is 88.7 Å². The number of fused-ring (bicyclic) bond motifs is 1. The summed E-state index contributed by atoms with van der Waals surface area (Å²) in [6.45, 7) is 5.40. The highest BCUT2D eigenvalue weighted by Gasteiger charge is 2.30. The Balaban J connectivity index is 1.18. The lowest BCUT2D eigenvalue weighted by Gasteiger charge is -2.39. The number of urea groups is 1. The molecule has 8 nitrogen and oxygen atoms in total. The molecule has 214 valence electrons. The van der Waals surface area contributed by atoms with Gasteiger partial charge in [0.15, 0.2) is 5.11 Å². The van der Waals surface area contributed by atoms with Crippen molar-refractivity contribution in [2.45, 2.75) is 51.4 Å². The van der Waals surface area contributed by atoms with E-state index in [1.807, 2.05) is 42.5 Å². The summed E-state index contributed by atoms with van der Waals surface area (Å²) in [6, 6.07) is 26.2. The highest BCUT2D eigenvalue weighted by Crippen LogP contribution is 2.24. The first-order valence-electron chi connectivity index (χ1n) is 14.3. The summed E-state index contributed by atoms with van der Waals surface area (Å²) in [5, 5.41) is 13.1. The van der Waals surface area contributed by atoms with Crippen LogP contribution in [0.15, 0.2) is 78.9 Å². The smallest absolute Gasteiger partial charge is 0.319 e. The van der Waals surface area contributed by atoms with Gasteiger partial charge in [0, 0.05) is 50.5 Å². The number of thiocarbonyl (C=S) groups is 1. The molecule has 0 radical (unpaired) electrons. The summed E-state index contributed by atoms with van der Waals surface area (Å²) in [7, 11) is 0. The van der Waals surface area contributed by atoms with Gasteiger partial charge in [-0.15, -0.1) is 0 Å². The van der Waals surface area contributed by atoms with Crippen LogP contribution in [-0.4, -0.2) is 58.6 Å². The Morgan fingerprint density at radius 1 is 0.829 bits per heavy atom. The van der Waals surface area contributed by atoms with Gasteiger partial charge in [-0.1, -0.05) is 54.6 Å². The van der Waals surface area contributed by atoms with Gasteiger partial charge < -0.3 is 26.2 Å². The lowest BCUT2D eigenvalue weighted by molar-refractivity contribution is -0.114. The van der Waals surface area contributed by atoms with Crippen molar-refractivity contribution >= 4 is 40.6 Å². The van der Waals surface area contributed by atoms with E-state index in [1.54, 1.807) is 0 Å². The van der Waals surface area contributed by atoms with Crippen molar-refractivity contribution < 1.29 is 9.59 Å². The van der Waals surface area contributed by atoms with Crippen molar-refractivity contribution in [1.82, 2.24) is 20.4 Å². The number of benzene rings is 3. The zero-order chi connectivity index (χ0) is 28.6. The van der Waals surface area contributed by atoms with Gasteiger partial charge in [0.05, 0.1) is 6.04 Å². The number of hydrogen-bond donors (Lipinski definition) is 4. The first-order valence-corrected chi connectivity index (χ1v) is 14.7. The fraction of sp³-hybridized carbons (Fsp3) is 0.344. The molecule has 0 unspecified atom stereocenters. The van der Waals surface area contributed by atoms with E-state index in [0.29, 0.717) is 19.1 Å². The lowest BCUT2D eigenvalue weighted by Crippen LogP contribution is -2.54. The van der Waals surface area contributed by atoms with Crippen molar-refractivity contribution in [3.05, 3.63) is 95.6 Å². The second kappa shape index (κ2) is 13.6. The van der Waals surface area contributed by atoms with Crippen LogP contribution in [0.4, 0.5) is 16.2 Å². The number of rotatable bonds is 8. The second-order valence-electron chi connectivity index (χ2n) is 10.8. The van der Waals surface area contributed by atoms with Gasteiger partial charge >= 0.3 is 6.03 Å². The Hall–Kier alpha value is -3.95. The molecule has 2 atom stereocenters. The summed E-state index contributed by atoms with van der Waals surface area (Å²) < 4.78 is 0. The molecule has 3 aromatic carbocycles. The summed E-state index contributed by atoms with van der Waals surface area (Å²) in [6.07, 6.45) is 3.09. The maximum absolute atomic E-state index is 12.6. The van der Waals surface area contributed by atoms with Crippen LogP contribution in [-0.2, 0) is 24.3 Å². The summed E-state index contributed by atoms with van der Waals surface area (Å²) in [4.78, 5) is 28.7. The monoisotopic (exact) mass is 570 g/mol. The quantitative estimate of drug-likeness (QED) is 0.293. The molecule has 5 rings (SSSR count). The second-order valence-corrected chi connectivity index (χ2v) is 11.2. The molecule has 1 saturated heterocycles. The van der Waals surface area contributed by atoms with Crippen LogP contribution in [0.1, 0.15) is 36.5 Å². The van der Waals surface area contributed by atoms with Crippen molar-refractivity contribution in [3.63, 3.8) is 0 Å². The van der Waals surface area contributed by atoms with Crippen LogP contribution in [0.2, 0.25) is 0 Å². The molecular weight excluding hydrogens is 532 g/mol. The third-order valence-electron chi connectivity index (χ3n) is 7.79. The number of hydrogen-bond acceptors (Lipinski definition) is 4. The Morgan fingerprint density at radius 3 is 2.27 bits per heavy atom. The highest BCUT2D eigenvalue weighted by atomic mass is 32.1. The van der Waals surface area contributed by atoms with Gasteiger partial charge in [0.1, 0.15) is 0 Å². The predicted octanol–water partition coefficient (Wildman–Crippen LogP) is 4.73. The van der Waals surface area contributed by atoms with Crippen LogP contribution in [0.25, 0.3) is 0 Å². The number of para-hydroxylation sites is 1. The summed E-state index contributed by atoms with van der Waals surface area (Å²) in [5.74, 6) is -0.0648. The van der Waals surface area contributed by atoms with E-state index in [1.165, 1.54) is 23.6 Å². The van der Waals surface area contributed by atoms with Gasteiger partial charge in [0.2, 0.25) is 5.91 Å². The first kappa shape index (κ1) is 28.6. The van der Waals surface area contributed by atoms with Crippen molar-refractivity contribution in [3.8, 4) is 0 Å². The molecule has 2 aliphatic heterocycles. The third kappa shape index (κ3) is 7.83. The molecule has 0 aliphatic carbocycles. The number of likely N-dealkylation sites (tertiary alicyclic amines) is 1. The number of carbonyl (C=O) groups excluding carboxylic acids is 2. The molecule has 4 N–H and O–H groups in total. The molecule has 9 heteroatoms. The average molecular weight is 571 g/mol. The molecule has 2 aliphatic rings. The fourth-order valence-electron chi connectivity index (χ4n) is 5.69. The minimum atomic E-state index is -0.222. The Kier molecular flexibility index (Phi) is 9.48.